The SMILES string of the molecule is CC(C)CN(CC(N)=O)C(=O)C(C)(C)C(=O)O. The maximum absolute atomic E-state index is 12.0. The molecule has 0 aliphatic heterocycles. The van der Waals surface area contributed by atoms with Crippen LogP contribution in [0, 0.1) is 11.3 Å². The van der Waals surface area contributed by atoms with Gasteiger partial charge in [-0.05, 0) is 19.8 Å². The average molecular weight is 244 g/mol. The molecule has 0 fully saturated rings. The third-order valence-corrected chi connectivity index (χ3v) is 2.29. The van der Waals surface area contributed by atoms with Crippen molar-refractivity contribution < 1.29 is 19.5 Å². The number of nitrogens with zero attached hydrogens (tertiary/aromatic N) is 1. The Morgan fingerprint density at radius 1 is 1.29 bits per heavy atom. The summed E-state index contributed by atoms with van der Waals surface area (Å²) in [6, 6.07) is 0. The summed E-state index contributed by atoms with van der Waals surface area (Å²) < 4.78 is 0. The van der Waals surface area contributed by atoms with Gasteiger partial charge in [0.05, 0.1) is 6.54 Å². The fraction of sp³-hybridized carbons (Fsp3) is 0.727. The van der Waals surface area contributed by atoms with E-state index >= 15 is 0 Å². The van der Waals surface area contributed by atoms with Gasteiger partial charge in [0.25, 0.3) is 0 Å². The Bertz CT molecular complexity index is 323. The summed E-state index contributed by atoms with van der Waals surface area (Å²) in [4.78, 5) is 35.1. The molecule has 0 spiro atoms. The van der Waals surface area contributed by atoms with Gasteiger partial charge in [0.1, 0.15) is 5.41 Å². The number of rotatable bonds is 6. The number of nitrogens with two attached hydrogens (primary N) is 1. The van der Waals surface area contributed by atoms with E-state index in [9.17, 15) is 14.4 Å². The standard InChI is InChI=1S/C11H20N2O4/c1-7(2)5-13(6-8(12)14)9(15)11(3,4)10(16)17/h7H,5-6H2,1-4H3,(H2,12,14)(H,16,17). The summed E-state index contributed by atoms with van der Waals surface area (Å²) in [7, 11) is 0. The molecule has 0 aromatic rings. The lowest BCUT2D eigenvalue weighted by molar-refractivity contribution is -0.159. The number of hydrogen-bond acceptors (Lipinski definition) is 3. The molecule has 0 aliphatic rings. The van der Waals surface area contributed by atoms with Crippen LogP contribution >= 0.6 is 0 Å². The second-order valence-corrected chi connectivity index (χ2v) is 4.98. The third kappa shape index (κ3) is 4.42. The van der Waals surface area contributed by atoms with E-state index in [2.05, 4.69) is 0 Å². The summed E-state index contributed by atoms with van der Waals surface area (Å²) in [5.41, 5.74) is 3.49. The zero-order valence-corrected chi connectivity index (χ0v) is 10.7. The number of carboxylic acid groups (broad SMARTS) is 1. The summed E-state index contributed by atoms with van der Waals surface area (Å²) >= 11 is 0. The molecule has 0 aliphatic carbocycles. The maximum Gasteiger partial charge on any atom is 0.318 e. The molecule has 0 heterocycles. The molecule has 0 atom stereocenters. The molecule has 3 N–H and O–H groups in total. The van der Waals surface area contributed by atoms with Gasteiger partial charge in [-0.1, -0.05) is 13.8 Å². The lowest BCUT2D eigenvalue weighted by Gasteiger charge is -2.29. The normalized spacial score (nSPS) is 11.4. The Kier molecular flexibility index (Phi) is 5.12. The predicted molar refractivity (Wildman–Crippen MR) is 62.0 cm³/mol. The lowest BCUT2D eigenvalue weighted by atomic mass is 9.91. The number of primary amides is 1. The van der Waals surface area contributed by atoms with E-state index in [-0.39, 0.29) is 12.5 Å². The fourth-order valence-electron chi connectivity index (χ4n) is 1.33. The Balaban J connectivity index is 4.98. The second kappa shape index (κ2) is 5.65. The molecular formula is C11H20N2O4. The van der Waals surface area contributed by atoms with Crippen molar-refractivity contribution in [1.29, 1.82) is 0 Å². The monoisotopic (exact) mass is 244 g/mol. The molecule has 0 aromatic heterocycles. The Hall–Kier alpha value is -1.59. The van der Waals surface area contributed by atoms with Gasteiger partial charge in [-0.15, -0.1) is 0 Å². The van der Waals surface area contributed by atoms with Crippen molar-refractivity contribution in [2.45, 2.75) is 27.7 Å². The van der Waals surface area contributed by atoms with Crippen LogP contribution in [0.15, 0.2) is 0 Å². The van der Waals surface area contributed by atoms with E-state index in [4.69, 9.17) is 10.8 Å². The minimum absolute atomic E-state index is 0.128. The van der Waals surface area contributed by atoms with Gasteiger partial charge in [-0.3, -0.25) is 14.4 Å². The number of aliphatic carboxylic acids is 1. The van der Waals surface area contributed by atoms with Crippen LogP contribution in [0.25, 0.3) is 0 Å². The van der Waals surface area contributed by atoms with E-state index in [1.165, 1.54) is 18.7 Å². The van der Waals surface area contributed by atoms with Crippen LogP contribution in [0.1, 0.15) is 27.7 Å². The van der Waals surface area contributed by atoms with Crippen molar-refractivity contribution in [2.24, 2.45) is 17.1 Å². The molecule has 0 bridgehead atoms. The minimum atomic E-state index is -1.55. The van der Waals surface area contributed by atoms with Crippen molar-refractivity contribution in [3.8, 4) is 0 Å². The van der Waals surface area contributed by atoms with Gasteiger partial charge in [-0.25, -0.2) is 0 Å². The molecule has 6 nitrogen and oxygen atoms in total. The van der Waals surface area contributed by atoms with E-state index in [1.54, 1.807) is 0 Å². The topological polar surface area (TPSA) is 101 Å². The zero-order chi connectivity index (χ0) is 13.8. The highest BCUT2D eigenvalue weighted by Crippen LogP contribution is 2.19. The maximum atomic E-state index is 12.0. The van der Waals surface area contributed by atoms with Crippen molar-refractivity contribution in [2.75, 3.05) is 13.1 Å². The zero-order valence-electron chi connectivity index (χ0n) is 10.7. The molecule has 0 aromatic carbocycles. The quantitative estimate of drug-likeness (QED) is 0.645. The number of amides is 2. The van der Waals surface area contributed by atoms with E-state index in [0.717, 1.165) is 0 Å². The van der Waals surface area contributed by atoms with Gasteiger partial charge in [-0.2, -0.15) is 0 Å². The van der Waals surface area contributed by atoms with Crippen LogP contribution in [0.2, 0.25) is 0 Å². The first kappa shape index (κ1) is 15.4. The third-order valence-electron chi connectivity index (χ3n) is 2.29. The lowest BCUT2D eigenvalue weighted by Crippen LogP contribution is -2.49. The van der Waals surface area contributed by atoms with E-state index in [1.807, 2.05) is 13.8 Å². The summed E-state index contributed by atoms with van der Waals surface area (Å²) in [5, 5.41) is 8.97. The fourth-order valence-corrected chi connectivity index (χ4v) is 1.33. The number of carbonyl (C=O) groups excluding carboxylic acids is 2. The van der Waals surface area contributed by atoms with Gasteiger partial charge < -0.3 is 15.7 Å². The minimum Gasteiger partial charge on any atom is -0.480 e. The smallest absolute Gasteiger partial charge is 0.318 e. The number of carbonyl (C=O) groups is 3. The molecule has 0 unspecified atom stereocenters. The van der Waals surface area contributed by atoms with Crippen LogP contribution < -0.4 is 5.73 Å². The summed E-state index contributed by atoms with van der Waals surface area (Å²) in [5.74, 6) is -2.35. The van der Waals surface area contributed by atoms with Crippen molar-refractivity contribution in [1.82, 2.24) is 4.90 Å². The molecule has 98 valence electrons. The molecule has 0 radical (unpaired) electrons. The molecule has 2 amide bonds. The highest BCUT2D eigenvalue weighted by molar-refractivity contribution is 6.02. The van der Waals surface area contributed by atoms with Crippen molar-refractivity contribution in [3.63, 3.8) is 0 Å². The highest BCUT2D eigenvalue weighted by atomic mass is 16.4. The molecule has 17 heavy (non-hydrogen) atoms. The molecule has 0 saturated carbocycles. The number of carboxylic acids is 1. The van der Waals surface area contributed by atoms with Gasteiger partial charge in [0.15, 0.2) is 0 Å². The van der Waals surface area contributed by atoms with Crippen molar-refractivity contribution >= 4 is 17.8 Å². The molecular weight excluding hydrogens is 224 g/mol. The largest absolute Gasteiger partial charge is 0.480 e. The second-order valence-electron chi connectivity index (χ2n) is 4.98. The van der Waals surface area contributed by atoms with Crippen LogP contribution in [0.4, 0.5) is 0 Å². The first-order valence-electron chi connectivity index (χ1n) is 5.40. The van der Waals surface area contributed by atoms with Crippen LogP contribution in [0.3, 0.4) is 0 Å². The van der Waals surface area contributed by atoms with Gasteiger partial charge in [0.2, 0.25) is 11.8 Å². The Labute approximate surface area is 101 Å². The Morgan fingerprint density at radius 3 is 2.06 bits per heavy atom. The van der Waals surface area contributed by atoms with Gasteiger partial charge in [0, 0.05) is 6.54 Å². The molecule has 6 heteroatoms. The summed E-state index contributed by atoms with van der Waals surface area (Å²) in [6.45, 7) is 6.41. The highest BCUT2D eigenvalue weighted by Gasteiger charge is 2.39. The van der Waals surface area contributed by atoms with Gasteiger partial charge >= 0.3 is 5.97 Å². The predicted octanol–water partition coefficient (Wildman–Crippen LogP) is 0.0671. The Morgan fingerprint density at radius 2 is 1.76 bits per heavy atom. The first-order chi connectivity index (χ1) is 7.59. The van der Waals surface area contributed by atoms with E-state index < -0.39 is 23.2 Å². The first-order valence-corrected chi connectivity index (χ1v) is 5.40. The summed E-state index contributed by atoms with van der Waals surface area (Å²) in [6.07, 6.45) is 0. The van der Waals surface area contributed by atoms with Crippen molar-refractivity contribution in [3.05, 3.63) is 0 Å². The molecule has 0 rings (SSSR count). The van der Waals surface area contributed by atoms with E-state index in [0.29, 0.717) is 6.54 Å². The molecule has 0 saturated heterocycles. The average Bonchev–Trinajstić information content (AvgIpc) is 2.13. The van der Waals surface area contributed by atoms with Crippen LogP contribution in [-0.4, -0.2) is 40.9 Å². The van der Waals surface area contributed by atoms with Crippen LogP contribution in [0.5, 0.6) is 0 Å². The van der Waals surface area contributed by atoms with Crippen LogP contribution in [-0.2, 0) is 14.4 Å². The number of hydrogen-bond donors (Lipinski definition) is 2.